The lowest BCUT2D eigenvalue weighted by Gasteiger charge is -2.35. The second-order valence-electron chi connectivity index (χ2n) is 7.41. The van der Waals surface area contributed by atoms with Gasteiger partial charge in [-0.2, -0.15) is 0 Å². The largest absolute Gasteiger partial charge is 0.354 e. The average molecular weight is 342 g/mol. The molecule has 5 nitrogen and oxygen atoms in total. The van der Waals surface area contributed by atoms with Crippen molar-refractivity contribution in [1.82, 2.24) is 19.8 Å². The molecule has 1 amide bonds. The molecular weight excluding hydrogens is 312 g/mol. The van der Waals surface area contributed by atoms with Crippen LogP contribution < -0.4 is 5.32 Å². The molecule has 0 radical (unpaired) electrons. The number of fused-ring (bicyclic) bond motifs is 1. The molecule has 0 saturated carbocycles. The van der Waals surface area contributed by atoms with Crippen LogP contribution in [0.1, 0.15) is 46.1 Å². The van der Waals surface area contributed by atoms with E-state index in [9.17, 15) is 4.79 Å². The van der Waals surface area contributed by atoms with Gasteiger partial charge < -0.3 is 14.8 Å². The quantitative estimate of drug-likeness (QED) is 0.877. The molecule has 0 aliphatic carbocycles. The summed E-state index contributed by atoms with van der Waals surface area (Å²) in [6.07, 6.45) is 4.98. The highest BCUT2D eigenvalue weighted by atomic mass is 16.2. The van der Waals surface area contributed by atoms with E-state index < -0.39 is 0 Å². The first-order valence-corrected chi connectivity index (χ1v) is 9.53. The number of hydrogen-bond donors (Lipinski definition) is 1. The Morgan fingerprint density at radius 2 is 2.16 bits per heavy atom. The molecule has 1 N–H and O–H groups in total. The van der Waals surface area contributed by atoms with E-state index in [1.54, 1.807) is 6.33 Å². The van der Waals surface area contributed by atoms with E-state index in [0.29, 0.717) is 12.0 Å². The highest BCUT2D eigenvalue weighted by molar-refractivity contribution is 5.83. The number of benzene rings is 1. The van der Waals surface area contributed by atoms with E-state index in [2.05, 4.69) is 36.0 Å². The van der Waals surface area contributed by atoms with Gasteiger partial charge in [0.1, 0.15) is 6.04 Å². The van der Waals surface area contributed by atoms with Crippen LogP contribution in [0.2, 0.25) is 0 Å². The number of hydrogen-bond acceptors (Lipinski definition) is 3. The summed E-state index contributed by atoms with van der Waals surface area (Å²) in [5, 5.41) is 3.20. The third-order valence-corrected chi connectivity index (χ3v) is 5.35. The Morgan fingerprint density at radius 3 is 2.92 bits per heavy atom. The lowest BCUT2D eigenvalue weighted by molar-refractivity contribution is -0.124. The molecule has 1 aliphatic heterocycles. The van der Waals surface area contributed by atoms with Crippen molar-refractivity contribution in [2.45, 2.75) is 52.1 Å². The van der Waals surface area contributed by atoms with Crippen molar-refractivity contribution in [3.8, 4) is 0 Å². The number of piperidine rings is 1. The lowest BCUT2D eigenvalue weighted by Crippen LogP contribution is -2.44. The Kier molecular flexibility index (Phi) is 5.74. The van der Waals surface area contributed by atoms with Crippen molar-refractivity contribution < 1.29 is 4.79 Å². The van der Waals surface area contributed by atoms with Gasteiger partial charge in [0.2, 0.25) is 5.91 Å². The van der Waals surface area contributed by atoms with Gasteiger partial charge >= 0.3 is 0 Å². The van der Waals surface area contributed by atoms with Gasteiger partial charge in [-0.3, -0.25) is 4.79 Å². The number of para-hydroxylation sites is 2. The molecule has 0 spiro atoms. The van der Waals surface area contributed by atoms with Crippen molar-refractivity contribution in [3.05, 3.63) is 30.6 Å². The molecule has 136 valence electrons. The van der Waals surface area contributed by atoms with Crippen molar-refractivity contribution in [2.24, 2.45) is 5.92 Å². The molecule has 1 aromatic heterocycles. The Hall–Kier alpha value is -1.88. The maximum Gasteiger partial charge on any atom is 0.243 e. The Labute approximate surface area is 150 Å². The van der Waals surface area contributed by atoms with Gasteiger partial charge in [0, 0.05) is 19.1 Å². The van der Waals surface area contributed by atoms with E-state index in [0.717, 1.165) is 30.5 Å². The van der Waals surface area contributed by atoms with Crippen LogP contribution in [-0.4, -0.2) is 46.0 Å². The number of aromatic nitrogens is 2. The minimum absolute atomic E-state index is 0.104. The van der Waals surface area contributed by atoms with Crippen LogP contribution in [0.4, 0.5) is 0 Å². The van der Waals surface area contributed by atoms with Crippen molar-refractivity contribution in [3.63, 3.8) is 0 Å². The summed E-state index contributed by atoms with van der Waals surface area (Å²) in [7, 11) is 0. The summed E-state index contributed by atoms with van der Waals surface area (Å²) in [4.78, 5) is 19.7. The SMILES string of the molecule is CCC(C(=O)NCC1CCCN(C(C)C)C1)n1cnc2ccccc21. The molecule has 2 aromatic rings. The number of imidazole rings is 1. The lowest BCUT2D eigenvalue weighted by atomic mass is 9.97. The number of carbonyl (C=O) groups excluding carboxylic acids is 1. The number of amides is 1. The molecule has 5 heteroatoms. The van der Waals surface area contributed by atoms with E-state index in [1.165, 1.54) is 19.4 Å². The fourth-order valence-electron chi connectivity index (χ4n) is 3.83. The predicted octanol–water partition coefficient (Wildman–Crippen LogP) is 3.22. The monoisotopic (exact) mass is 342 g/mol. The molecule has 2 unspecified atom stereocenters. The number of carbonyl (C=O) groups is 1. The number of likely N-dealkylation sites (tertiary alicyclic amines) is 1. The smallest absolute Gasteiger partial charge is 0.243 e. The Bertz CT molecular complexity index is 709. The normalized spacial score (nSPS) is 20.1. The zero-order valence-electron chi connectivity index (χ0n) is 15.6. The molecular formula is C20H30N4O. The van der Waals surface area contributed by atoms with E-state index in [4.69, 9.17) is 0 Å². The number of nitrogens with zero attached hydrogens (tertiary/aromatic N) is 3. The van der Waals surface area contributed by atoms with E-state index in [-0.39, 0.29) is 11.9 Å². The second-order valence-corrected chi connectivity index (χ2v) is 7.41. The van der Waals surface area contributed by atoms with Crippen LogP contribution in [0.25, 0.3) is 11.0 Å². The first-order valence-electron chi connectivity index (χ1n) is 9.53. The second kappa shape index (κ2) is 8.00. The minimum Gasteiger partial charge on any atom is -0.354 e. The molecule has 25 heavy (non-hydrogen) atoms. The third-order valence-electron chi connectivity index (χ3n) is 5.35. The average Bonchev–Trinajstić information content (AvgIpc) is 3.05. The van der Waals surface area contributed by atoms with Crippen LogP contribution in [0, 0.1) is 5.92 Å². The summed E-state index contributed by atoms with van der Waals surface area (Å²) >= 11 is 0. The highest BCUT2D eigenvalue weighted by Crippen LogP contribution is 2.21. The van der Waals surface area contributed by atoms with Gasteiger partial charge in [-0.25, -0.2) is 4.98 Å². The molecule has 2 atom stereocenters. The van der Waals surface area contributed by atoms with Gasteiger partial charge in [0.25, 0.3) is 0 Å². The number of nitrogens with one attached hydrogen (secondary N) is 1. The summed E-state index contributed by atoms with van der Waals surface area (Å²) < 4.78 is 2.01. The fourth-order valence-corrected chi connectivity index (χ4v) is 3.83. The Balaban J connectivity index is 1.63. The summed E-state index contributed by atoms with van der Waals surface area (Å²) in [6, 6.07) is 8.37. The summed E-state index contributed by atoms with van der Waals surface area (Å²) in [5.74, 6) is 0.657. The molecule has 3 rings (SSSR count). The molecule has 0 bridgehead atoms. The van der Waals surface area contributed by atoms with Gasteiger partial charge in [-0.05, 0) is 57.7 Å². The highest BCUT2D eigenvalue weighted by Gasteiger charge is 2.24. The van der Waals surface area contributed by atoms with Gasteiger partial charge in [-0.15, -0.1) is 0 Å². The summed E-state index contributed by atoms with van der Waals surface area (Å²) in [6.45, 7) is 9.59. The topological polar surface area (TPSA) is 50.2 Å². The molecule has 1 saturated heterocycles. The van der Waals surface area contributed by atoms with E-state index >= 15 is 0 Å². The molecule has 1 aromatic carbocycles. The van der Waals surface area contributed by atoms with Crippen molar-refractivity contribution in [1.29, 1.82) is 0 Å². The zero-order valence-corrected chi connectivity index (χ0v) is 15.6. The predicted molar refractivity (Wildman–Crippen MR) is 102 cm³/mol. The minimum atomic E-state index is -0.197. The summed E-state index contributed by atoms with van der Waals surface area (Å²) in [5.41, 5.74) is 1.96. The number of rotatable bonds is 6. The van der Waals surface area contributed by atoms with Gasteiger partial charge in [0.05, 0.1) is 17.4 Å². The maximum absolute atomic E-state index is 12.8. The van der Waals surface area contributed by atoms with Crippen LogP contribution >= 0.6 is 0 Å². The zero-order chi connectivity index (χ0) is 17.8. The fraction of sp³-hybridized carbons (Fsp3) is 0.600. The molecule has 2 heterocycles. The first kappa shape index (κ1) is 17.9. The van der Waals surface area contributed by atoms with Crippen LogP contribution in [-0.2, 0) is 4.79 Å². The molecule has 1 fully saturated rings. The Morgan fingerprint density at radius 1 is 1.36 bits per heavy atom. The molecule has 1 aliphatic rings. The van der Waals surface area contributed by atoms with Crippen LogP contribution in [0.5, 0.6) is 0 Å². The van der Waals surface area contributed by atoms with Crippen LogP contribution in [0.15, 0.2) is 30.6 Å². The first-order chi connectivity index (χ1) is 12.1. The van der Waals surface area contributed by atoms with Crippen LogP contribution in [0.3, 0.4) is 0 Å². The maximum atomic E-state index is 12.8. The third kappa shape index (κ3) is 4.03. The standard InChI is InChI=1S/C20H30N4O/c1-4-18(24-14-22-17-9-5-6-10-19(17)24)20(25)21-12-16-8-7-11-23(13-16)15(2)3/h5-6,9-10,14-16,18H,4,7-8,11-13H2,1-3H3,(H,21,25). The van der Waals surface area contributed by atoms with Crippen molar-refractivity contribution in [2.75, 3.05) is 19.6 Å². The van der Waals surface area contributed by atoms with E-state index in [1.807, 2.05) is 28.8 Å². The van der Waals surface area contributed by atoms with Gasteiger partial charge in [-0.1, -0.05) is 19.1 Å². The van der Waals surface area contributed by atoms with Gasteiger partial charge in [0.15, 0.2) is 0 Å². The van der Waals surface area contributed by atoms with Crippen molar-refractivity contribution >= 4 is 16.9 Å².